The van der Waals surface area contributed by atoms with Gasteiger partial charge in [0.25, 0.3) is 0 Å². The van der Waals surface area contributed by atoms with Crippen LogP contribution in [0.25, 0.3) is 0 Å². The molecule has 1 unspecified atom stereocenters. The molecule has 1 aromatic rings. The van der Waals surface area contributed by atoms with Crippen LogP contribution in [0.15, 0.2) is 42.0 Å². The van der Waals surface area contributed by atoms with Gasteiger partial charge in [-0.05, 0) is 44.9 Å². The lowest BCUT2D eigenvalue weighted by Crippen LogP contribution is -2.36. The maximum atomic E-state index is 13.2. The van der Waals surface area contributed by atoms with Gasteiger partial charge in [0.2, 0.25) is 0 Å². The number of benzene rings is 1. The minimum Gasteiger partial charge on any atom is -0.462 e. The lowest BCUT2D eigenvalue weighted by molar-refractivity contribution is -0.149. The first kappa shape index (κ1) is 22.4. The van der Waals surface area contributed by atoms with Gasteiger partial charge in [-0.3, -0.25) is 9.36 Å². The molecule has 26 heavy (non-hydrogen) atoms. The molecule has 1 aromatic carbocycles. The van der Waals surface area contributed by atoms with Crippen LogP contribution < -0.4 is 9.61 Å². The van der Waals surface area contributed by atoms with Crippen LogP contribution in [0, 0.1) is 0 Å². The molecule has 0 bridgehead atoms. The van der Waals surface area contributed by atoms with E-state index in [-0.39, 0.29) is 25.5 Å². The molecule has 7 nitrogen and oxygen atoms in total. The maximum Gasteiger partial charge on any atom is 0.323 e. The van der Waals surface area contributed by atoms with Crippen LogP contribution in [0.4, 0.5) is 0 Å². The summed E-state index contributed by atoms with van der Waals surface area (Å²) in [5.41, 5.74) is 0.434. The van der Waals surface area contributed by atoms with Crippen LogP contribution in [-0.4, -0.2) is 47.7 Å². The van der Waals surface area contributed by atoms with E-state index in [2.05, 4.69) is 5.09 Å². The summed E-state index contributed by atoms with van der Waals surface area (Å²) in [6.07, 6.45) is 1.73. The Hall–Kier alpha value is -1.66. The van der Waals surface area contributed by atoms with Crippen molar-refractivity contribution in [3.8, 4) is 5.75 Å². The molecule has 0 heterocycles. The molecule has 2 atom stereocenters. The Labute approximate surface area is 154 Å². The average molecular weight is 385 g/mol. The largest absolute Gasteiger partial charge is 0.462 e. The Balaban J connectivity index is 2.88. The number of para-hydroxylation sites is 1. The molecule has 0 fully saturated rings. The number of carbonyl (C=O) groups is 1. The van der Waals surface area contributed by atoms with Gasteiger partial charge in [0, 0.05) is 0 Å². The average Bonchev–Trinajstić information content (AvgIpc) is 2.59. The highest BCUT2D eigenvalue weighted by Gasteiger charge is 2.30. The SMILES string of the molecule is CC(C)OC(=O)[C@H](C)NP(=O)(CCC=C(CO)CO)Oc1ccccc1. The minimum absolute atomic E-state index is 0.0880. The van der Waals surface area contributed by atoms with E-state index in [0.29, 0.717) is 17.7 Å². The number of hydrogen-bond donors (Lipinski definition) is 3. The number of allylic oxidation sites excluding steroid dienone is 1. The Morgan fingerprint density at radius 2 is 1.81 bits per heavy atom. The number of nitrogens with one attached hydrogen (secondary N) is 1. The Bertz CT molecular complexity index is 626. The zero-order chi connectivity index (χ0) is 19.6. The number of aliphatic hydroxyl groups excluding tert-OH is 2. The first-order chi connectivity index (χ1) is 12.3. The van der Waals surface area contributed by atoms with Gasteiger partial charge >= 0.3 is 13.5 Å². The molecule has 0 radical (unpaired) electrons. The summed E-state index contributed by atoms with van der Waals surface area (Å²) in [6, 6.07) is 7.86. The normalized spacial score (nSPS) is 14.4. The quantitative estimate of drug-likeness (QED) is 0.305. The van der Waals surface area contributed by atoms with Gasteiger partial charge in [-0.25, -0.2) is 5.09 Å². The van der Waals surface area contributed by atoms with Gasteiger partial charge in [-0.1, -0.05) is 24.3 Å². The number of aliphatic hydroxyl groups is 2. The van der Waals surface area contributed by atoms with Crippen molar-refractivity contribution in [3.63, 3.8) is 0 Å². The smallest absolute Gasteiger partial charge is 0.323 e. The molecule has 8 heteroatoms. The zero-order valence-electron chi connectivity index (χ0n) is 15.4. The summed E-state index contributed by atoms with van der Waals surface area (Å²) < 4.78 is 24.0. The van der Waals surface area contributed by atoms with Crippen LogP contribution in [0.3, 0.4) is 0 Å². The second-order valence-corrected chi connectivity index (χ2v) is 8.34. The van der Waals surface area contributed by atoms with Crippen molar-refractivity contribution in [2.45, 2.75) is 39.3 Å². The number of carbonyl (C=O) groups excluding carboxylic acids is 1. The van der Waals surface area contributed by atoms with Crippen LogP contribution in [0.5, 0.6) is 5.75 Å². The van der Waals surface area contributed by atoms with Gasteiger partial charge in [0.15, 0.2) is 0 Å². The fourth-order valence-corrected chi connectivity index (χ4v) is 3.99. The predicted octanol–water partition coefficient (Wildman–Crippen LogP) is 2.49. The van der Waals surface area contributed by atoms with Crippen molar-refractivity contribution < 1.29 is 28.8 Å². The van der Waals surface area contributed by atoms with Crippen molar-refractivity contribution in [2.75, 3.05) is 19.4 Å². The summed E-state index contributed by atoms with van der Waals surface area (Å²) in [7, 11) is -3.43. The topological polar surface area (TPSA) is 105 Å². The lowest BCUT2D eigenvalue weighted by Gasteiger charge is -2.24. The highest BCUT2D eigenvalue weighted by Crippen LogP contribution is 2.44. The second kappa shape index (κ2) is 11.1. The first-order valence-electron chi connectivity index (χ1n) is 8.51. The third kappa shape index (κ3) is 8.15. The number of rotatable bonds is 11. The second-order valence-electron chi connectivity index (χ2n) is 6.11. The third-order valence-electron chi connectivity index (χ3n) is 3.35. The zero-order valence-corrected chi connectivity index (χ0v) is 16.3. The molecule has 1 rings (SSSR count). The van der Waals surface area contributed by atoms with Crippen molar-refractivity contribution in [3.05, 3.63) is 42.0 Å². The maximum absolute atomic E-state index is 13.2. The molecule has 0 aromatic heterocycles. The van der Waals surface area contributed by atoms with Crippen LogP contribution >= 0.6 is 7.52 Å². The summed E-state index contributed by atoms with van der Waals surface area (Å²) >= 11 is 0. The van der Waals surface area contributed by atoms with E-state index in [9.17, 15) is 9.36 Å². The van der Waals surface area contributed by atoms with E-state index in [1.807, 2.05) is 6.07 Å². The highest BCUT2D eigenvalue weighted by molar-refractivity contribution is 7.57. The van der Waals surface area contributed by atoms with Crippen molar-refractivity contribution >= 4 is 13.5 Å². The van der Waals surface area contributed by atoms with Gasteiger partial charge in [0.1, 0.15) is 11.8 Å². The molecule has 0 aliphatic rings. The van der Waals surface area contributed by atoms with Crippen molar-refractivity contribution in [1.29, 1.82) is 0 Å². The van der Waals surface area contributed by atoms with E-state index in [0.717, 1.165) is 0 Å². The number of ether oxygens (including phenoxy) is 1. The summed E-state index contributed by atoms with van der Waals surface area (Å²) in [6.45, 7) is 4.49. The molecule has 0 spiro atoms. The monoisotopic (exact) mass is 385 g/mol. The molecule has 146 valence electrons. The summed E-state index contributed by atoms with van der Waals surface area (Å²) in [5.74, 6) is -0.0971. The Morgan fingerprint density at radius 1 is 1.19 bits per heavy atom. The highest BCUT2D eigenvalue weighted by atomic mass is 31.2. The first-order valence-corrected chi connectivity index (χ1v) is 10.3. The standard InChI is InChI=1S/C18H28NO6P/c1-14(2)24-18(22)15(3)19-26(23,11-7-8-16(12-20)13-21)25-17-9-5-4-6-10-17/h4-6,8-10,14-15,20-21H,7,11-13H2,1-3H3,(H,19,23)/t15-,26?/m0/s1. The molecule has 0 aliphatic carbocycles. The van der Waals surface area contributed by atoms with E-state index in [1.54, 1.807) is 51.1 Å². The van der Waals surface area contributed by atoms with Crippen LogP contribution in [0.2, 0.25) is 0 Å². The van der Waals surface area contributed by atoms with E-state index in [4.69, 9.17) is 19.5 Å². The van der Waals surface area contributed by atoms with Crippen LogP contribution in [0.1, 0.15) is 27.2 Å². The molecule has 0 aliphatic heterocycles. The molecule has 0 saturated carbocycles. The molecule has 0 saturated heterocycles. The minimum atomic E-state index is -3.43. The predicted molar refractivity (Wildman–Crippen MR) is 100 cm³/mol. The number of esters is 1. The molecule has 0 amide bonds. The Morgan fingerprint density at radius 3 is 2.35 bits per heavy atom. The molecule has 3 N–H and O–H groups in total. The van der Waals surface area contributed by atoms with Crippen LogP contribution in [-0.2, 0) is 14.1 Å². The molecular formula is C18H28NO6P. The van der Waals surface area contributed by atoms with E-state index < -0.39 is 19.5 Å². The molecular weight excluding hydrogens is 357 g/mol. The summed E-state index contributed by atoms with van der Waals surface area (Å²) in [4.78, 5) is 12.0. The fraction of sp³-hybridized carbons (Fsp3) is 0.500. The van der Waals surface area contributed by atoms with Crippen molar-refractivity contribution in [1.82, 2.24) is 5.09 Å². The van der Waals surface area contributed by atoms with Gasteiger partial charge in [-0.15, -0.1) is 0 Å². The third-order valence-corrected chi connectivity index (χ3v) is 5.49. The van der Waals surface area contributed by atoms with E-state index in [1.165, 1.54) is 0 Å². The van der Waals surface area contributed by atoms with Gasteiger partial charge in [0.05, 0.1) is 25.5 Å². The number of hydrogen-bond acceptors (Lipinski definition) is 6. The fourth-order valence-electron chi connectivity index (χ4n) is 2.09. The Kier molecular flexibility index (Phi) is 9.59. The lowest BCUT2D eigenvalue weighted by atomic mass is 10.2. The summed E-state index contributed by atoms with van der Waals surface area (Å²) in [5, 5.41) is 20.9. The van der Waals surface area contributed by atoms with Gasteiger partial charge < -0.3 is 19.5 Å². The van der Waals surface area contributed by atoms with Gasteiger partial charge in [-0.2, -0.15) is 0 Å². The van der Waals surface area contributed by atoms with E-state index >= 15 is 0 Å². The van der Waals surface area contributed by atoms with Crippen molar-refractivity contribution in [2.24, 2.45) is 0 Å².